The van der Waals surface area contributed by atoms with Gasteiger partial charge in [0.15, 0.2) is 5.78 Å². The van der Waals surface area contributed by atoms with Crippen molar-refractivity contribution < 1.29 is 9.53 Å². The molecule has 1 saturated heterocycles. The molecule has 4 rings (SSSR count). The predicted octanol–water partition coefficient (Wildman–Crippen LogP) is 3.63. The number of nitrogens with zero attached hydrogens (tertiary/aromatic N) is 1. The fraction of sp³-hybridized carbons (Fsp3) is 0.316. The summed E-state index contributed by atoms with van der Waals surface area (Å²) in [6.45, 7) is 1.99. The third-order valence-electron chi connectivity index (χ3n) is 5.05. The van der Waals surface area contributed by atoms with E-state index in [0.717, 1.165) is 12.1 Å². The van der Waals surface area contributed by atoms with E-state index >= 15 is 0 Å². The molecule has 2 aromatic carbocycles. The van der Waals surface area contributed by atoms with Crippen LogP contribution in [-0.4, -0.2) is 37.4 Å². The van der Waals surface area contributed by atoms with Gasteiger partial charge in [0.1, 0.15) is 12.4 Å². The van der Waals surface area contributed by atoms with Gasteiger partial charge in [-0.05, 0) is 36.9 Å². The van der Waals surface area contributed by atoms with Gasteiger partial charge in [0, 0.05) is 24.0 Å². The number of carbonyl (C=O) groups is 1. The average molecular weight is 328 g/mol. The van der Waals surface area contributed by atoms with Crippen molar-refractivity contribution in [2.75, 3.05) is 26.7 Å². The number of hydrogen-bond donors (Lipinski definition) is 0. The van der Waals surface area contributed by atoms with E-state index < -0.39 is 5.41 Å². The number of fused-ring (bicyclic) bond motifs is 1. The lowest BCUT2D eigenvalue weighted by atomic mass is 9.69. The van der Waals surface area contributed by atoms with Crippen molar-refractivity contribution in [3.63, 3.8) is 0 Å². The second kappa shape index (κ2) is 5.36. The third kappa shape index (κ3) is 2.27. The molecule has 4 heteroatoms. The molecule has 0 aliphatic carbocycles. The first-order chi connectivity index (χ1) is 11.1. The van der Waals surface area contributed by atoms with Crippen LogP contribution in [0.5, 0.6) is 5.75 Å². The van der Waals surface area contributed by atoms with E-state index in [2.05, 4.69) is 11.9 Å². The number of benzene rings is 2. The van der Waals surface area contributed by atoms with Crippen molar-refractivity contribution in [2.24, 2.45) is 5.41 Å². The van der Waals surface area contributed by atoms with E-state index in [0.29, 0.717) is 29.5 Å². The van der Waals surface area contributed by atoms with Crippen molar-refractivity contribution in [2.45, 2.75) is 5.92 Å². The van der Waals surface area contributed by atoms with Crippen LogP contribution in [0.25, 0.3) is 0 Å². The minimum absolute atomic E-state index is 0.116. The monoisotopic (exact) mass is 327 g/mol. The Bertz CT molecular complexity index is 758. The molecule has 1 fully saturated rings. The maximum atomic E-state index is 13.3. The van der Waals surface area contributed by atoms with Crippen LogP contribution in [0.3, 0.4) is 0 Å². The van der Waals surface area contributed by atoms with Gasteiger partial charge in [-0.1, -0.05) is 35.9 Å². The van der Waals surface area contributed by atoms with Gasteiger partial charge in [-0.25, -0.2) is 0 Å². The zero-order chi connectivity index (χ0) is 16.0. The molecule has 0 saturated carbocycles. The van der Waals surface area contributed by atoms with Crippen LogP contribution in [0.1, 0.15) is 21.8 Å². The molecule has 0 aromatic heterocycles. The van der Waals surface area contributed by atoms with Gasteiger partial charge in [0.2, 0.25) is 0 Å². The van der Waals surface area contributed by atoms with Crippen LogP contribution in [0.2, 0.25) is 5.02 Å². The van der Waals surface area contributed by atoms with Crippen LogP contribution in [0.15, 0.2) is 48.5 Å². The zero-order valence-electron chi connectivity index (χ0n) is 13.0. The minimum Gasteiger partial charge on any atom is -0.492 e. The van der Waals surface area contributed by atoms with E-state index in [-0.39, 0.29) is 11.7 Å². The minimum atomic E-state index is -0.517. The Hall–Kier alpha value is -1.84. The van der Waals surface area contributed by atoms with Gasteiger partial charge in [-0.15, -0.1) is 0 Å². The van der Waals surface area contributed by atoms with E-state index in [4.69, 9.17) is 16.3 Å². The zero-order valence-corrected chi connectivity index (χ0v) is 13.7. The number of halogens is 1. The van der Waals surface area contributed by atoms with Crippen LogP contribution in [0.4, 0.5) is 0 Å². The first kappa shape index (κ1) is 14.7. The van der Waals surface area contributed by atoms with Crippen molar-refractivity contribution >= 4 is 17.4 Å². The molecule has 0 amide bonds. The molecule has 0 unspecified atom stereocenters. The lowest BCUT2D eigenvalue weighted by molar-refractivity contribution is 0.0593. The molecule has 2 aromatic rings. The Kier molecular flexibility index (Phi) is 3.43. The number of rotatable bonds is 1. The highest BCUT2D eigenvalue weighted by Gasteiger charge is 2.54. The first-order valence-corrected chi connectivity index (χ1v) is 8.18. The summed E-state index contributed by atoms with van der Waals surface area (Å²) in [4.78, 5) is 15.5. The second-order valence-corrected chi connectivity index (χ2v) is 7.01. The van der Waals surface area contributed by atoms with Gasteiger partial charge in [0.05, 0.1) is 11.0 Å². The molecular formula is C19H18ClNO2. The average Bonchev–Trinajstić information content (AvgIpc) is 2.90. The summed E-state index contributed by atoms with van der Waals surface area (Å²) in [5.74, 6) is 1.02. The Morgan fingerprint density at radius 3 is 2.70 bits per heavy atom. The van der Waals surface area contributed by atoms with Gasteiger partial charge < -0.3 is 9.64 Å². The number of para-hydroxylation sites is 1. The number of likely N-dealkylation sites (N-methyl/N-ethyl adjacent to an activating group) is 1. The Morgan fingerprint density at radius 1 is 1.17 bits per heavy atom. The van der Waals surface area contributed by atoms with Gasteiger partial charge in [-0.2, -0.15) is 0 Å². The van der Waals surface area contributed by atoms with Crippen LogP contribution in [-0.2, 0) is 0 Å². The highest BCUT2D eigenvalue weighted by Crippen LogP contribution is 2.48. The molecule has 3 nitrogen and oxygen atoms in total. The second-order valence-electron chi connectivity index (χ2n) is 6.57. The number of hydrogen-bond acceptors (Lipinski definition) is 3. The molecule has 0 N–H and O–H groups in total. The van der Waals surface area contributed by atoms with E-state index in [9.17, 15) is 4.79 Å². The maximum absolute atomic E-state index is 13.3. The standard InChI is InChI=1S/C19H18ClNO2/c1-21-10-16(13-6-8-14(20)9-7-13)19(11-21)12-23-17-5-3-2-4-15(17)18(19)22/h2-9,16H,10-12H2,1H3/t16-,19-/m0/s1. The normalized spacial score (nSPS) is 27.0. The molecule has 1 spiro atoms. The fourth-order valence-corrected chi connectivity index (χ4v) is 4.08. The Morgan fingerprint density at radius 2 is 1.91 bits per heavy atom. The van der Waals surface area contributed by atoms with E-state index in [1.54, 1.807) is 0 Å². The van der Waals surface area contributed by atoms with Gasteiger partial charge in [0.25, 0.3) is 0 Å². The number of ether oxygens (including phenoxy) is 1. The Balaban J connectivity index is 1.79. The number of ketones is 1. The third-order valence-corrected chi connectivity index (χ3v) is 5.31. The summed E-state index contributed by atoms with van der Waals surface area (Å²) < 4.78 is 5.98. The lowest BCUT2D eigenvalue weighted by Crippen LogP contribution is -2.46. The summed E-state index contributed by atoms with van der Waals surface area (Å²) in [6, 6.07) is 15.4. The van der Waals surface area contributed by atoms with Crippen LogP contribution >= 0.6 is 11.6 Å². The van der Waals surface area contributed by atoms with Crippen molar-refractivity contribution in [1.82, 2.24) is 4.90 Å². The number of carbonyl (C=O) groups excluding carboxylic acids is 1. The molecular weight excluding hydrogens is 310 g/mol. The maximum Gasteiger partial charge on any atom is 0.178 e. The predicted molar refractivity (Wildman–Crippen MR) is 90.4 cm³/mol. The smallest absolute Gasteiger partial charge is 0.178 e. The van der Waals surface area contributed by atoms with Crippen LogP contribution < -0.4 is 4.74 Å². The molecule has 118 valence electrons. The summed E-state index contributed by atoms with van der Waals surface area (Å²) >= 11 is 6.02. The molecule has 2 atom stereocenters. The van der Waals surface area contributed by atoms with Crippen molar-refractivity contribution in [1.29, 1.82) is 0 Å². The molecule has 2 aliphatic heterocycles. The summed E-state index contributed by atoms with van der Waals surface area (Å²) in [7, 11) is 2.06. The Labute approximate surface area is 140 Å². The lowest BCUT2D eigenvalue weighted by Gasteiger charge is -2.37. The fourth-order valence-electron chi connectivity index (χ4n) is 3.96. The highest BCUT2D eigenvalue weighted by atomic mass is 35.5. The van der Waals surface area contributed by atoms with Gasteiger partial charge in [-0.3, -0.25) is 4.79 Å². The summed E-state index contributed by atoms with van der Waals surface area (Å²) in [5.41, 5.74) is 1.33. The topological polar surface area (TPSA) is 29.5 Å². The largest absolute Gasteiger partial charge is 0.492 e. The van der Waals surface area contributed by atoms with E-state index in [1.807, 2.05) is 48.5 Å². The van der Waals surface area contributed by atoms with E-state index in [1.165, 1.54) is 0 Å². The molecule has 2 heterocycles. The van der Waals surface area contributed by atoms with Crippen molar-refractivity contribution in [3.8, 4) is 5.75 Å². The quantitative estimate of drug-likeness (QED) is 0.801. The number of likely N-dealkylation sites (tertiary alicyclic amines) is 1. The molecule has 23 heavy (non-hydrogen) atoms. The van der Waals surface area contributed by atoms with Gasteiger partial charge >= 0.3 is 0 Å². The SMILES string of the molecule is CN1C[C@@H](c2ccc(Cl)cc2)[C@@]2(COc3ccccc3C2=O)C1. The van der Waals surface area contributed by atoms with Crippen LogP contribution in [0, 0.1) is 5.41 Å². The first-order valence-electron chi connectivity index (χ1n) is 7.81. The molecule has 2 aliphatic rings. The molecule has 0 bridgehead atoms. The molecule has 0 radical (unpaired) electrons. The summed E-state index contributed by atoms with van der Waals surface area (Å²) in [6.07, 6.45) is 0. The van der Waals surface area contributed by atoms with Crippen molar-refractivity contribution in [3.05, 3.63) is 64.7 Å². The summed E-state index contributed by atoms with van der Waals surface area (Å²) in [5, 5.41) is 0.714. The number of Topliss-reactive ketones (excluding diaryl/α,β-unsaturated/α-hetero) is 1. The highest BCUT2D eigenvalue weighted by molar-refractivity contribution is 6.30.